The second-order valence-electron chi connectivity index (χ2n) is 5.03. The van der Waals surface area contributed by atoms with Crippen molar-refractivity contribution in [1.29, 1.82) is 0 Å². The number of carbonyl (C=O) groups excluding carboxylic acids is 1. The van der Waals surface area contributed by atoms with Crippen LogP contribution in [0, 0.1) is 0 Å². The zero-order valence-electron chi connectivity index (χ0n) is 13.7. The van der Waals surface area contributed by atoms with Gasteiger partial charge in [0.1, 0.15) is 10.0 Å². The smallest absolute Gasteiger partial charge is 0.258 e. The normalized spacial score (nSPS) is 11.6. The lowest BCUT2D eigenvalue weighted by molar-refractivity contribution is 0.102. The summed E-state index contributed by atoms with van der Waals surface area (Å²) < 4.78 is 26.6. The van der Waals surface area contributed by atoms with Gasteiger partial charge in [-0.05, 0) is 30.3 Å². The largest absolute Gasteiger partial charge is 0.322 e. The number of aromatic nitrogens is 1. The molecular formula is C16H17Cl2N3O3S. The molecule has 0 radical (unpaired) electrons. The van der Waals surface area contributed by atoms with E-state index in [1.165, 1.54) is 34.8 Å². The van der Waals surface area contributed by atoms with Crippen LogP contribution in [0.5, 0.6) is 0 Å². The molecule has 2 rings (SSSR count). The number of hydrogen-bond donors (Lipinski definition) is 1. The van der Waals surface area contributed by atoms with Crippen LogP contribution in [0.25, 0.3) is 0 Å². The van der Waals surface area contributed by atoms with E-state index in [1.807, 2.05) is 0 Å². The summed E-state index contributed by atoms with van der Waals surface area (Å²) in [6.07, 6.45) is 1.47. The molecule has 0 saturated carbocycles. The molecule has 0 aliphatic heterocycles. The molecule has 0 fully saturated rings. The highest BCUT2D eigenvalue weighted by Crippen LogP contribution is 2.28. The molecule has 0 spiro atoms. The van der Waals surface area contributed by atoms with E-state index in [0.29, 0.717) is 18.8 Å². The van der Waals surface area contributed by atoms with Gasteiger partial charge in [0.25, 0.3) is 5.91 Å². The molecule has 1 heterocycles. The van der Waals surface area contributed by atoms with E-state index in [9.17, 15) is 13.2 Å². The highest BCUT2D eigenvalue weighted by molar-refractivity contribution is 7.89. The highest BCUT2D eigenvalue weighted by atomic mass is 35.5. The standard InChI is InChI=1S/C16H17Cl2N3O3S/c1-3-21(4-2)25(23,24)14-10-11(7-8-13(14)17)20-16(22)12-6-5-9-19-15(12)18/h5-10H,3-4H2,1-2H3,(H,20,22). The first-order valence-corrected chi connectivity index (χ1v) is 9.72. The average Bonchev–Trinajstić information content (AvgIpc) is 2.57. The van der Waals surface area contributed by atoms with Gasteiger partial charge in [0, 0.05) is 25.0 Å². The van der Waals surface area contributed by atoms with Gasteiger partial charge in [-0.25, -0.2) is 13.4 Å². The Labute approximate surface area is 156 Å². The summed E-state index contributed by atoms with van der Waals surface area (Å²) >= 11 is 12.0. The lowest BCUT2D eigenvalue weighted by Gasteiger charge is -2.19. The number of halogens is 2. The fourth-order valence-corrected chi connectivity index (χ4v) is 4.40. The van der Waals surface area contributed by atoms with Crippen molar-refractivity contribution < 1.29 is 13.2 Å². The van der Waals surface area contributed by atoms with Crippen LogP contribution >= 0.6 is 23.2 Å². The Morgan fingerprint density at radius 1 is 1.20 bits per heavy atom. The van der Waals surface area contributed by atoms with Gasteiger partial charge >= 0.3 is 0 Å². The monoisotopic (exact) mass is 401 g/mol. The Balaban J connectivity index is 2.37. The number of hydrogen-bond acceptors (Lipinski definition) is 4. The predicted octanol–water partition coefficient (Wildman–Crippen LogP) is 3.67. The number of benzene rings is 1. The molecule has 0 saturated heterocycles. The van der Waals surface area contributed by atoms with Gasteiger partial charge in [-0.2, -0.15) is 4.31 Å². The Morgan fingerprint density at radius 2 is 1.88 bits per heavy atom. The second-order valence-corrected chi connectivity index (χ2v) is 7.70. The number of amides is 1. The van der Waals surface area contributed by atoms with E-state index in [4.69, 9.17) is 23.2 Å². The van der Waals surface area contributed by atoms with E-state index in [-0.39, 0.29) is 20.6 Å². The average molecular weight is 402 g/mol. The maximum atomic E-state index is 12.7. The Kier molecular flexibility index (Phi) is 6.40. The summed E-state index contributed by atoms with van der Waals surface area (Å²) in [5, 5.41) is 2.76. The fourth-order valence-electron chi connectivity index (χ4n) is 2.24. The van der Waals surface area contributed by atoms with Crippen molar-refractivity contribution in [3.63, 3.8) is 0 Å². The molecule has 9 heteroatoms. The lowest BCUT2D eigenvalue weighted by Crippen LogP contribution is -2.30. The van der Waals surface area contributed by atoms with Gasteiger partial charge in [0.2, 0.25) is 10.0 Å². The molecule has 0 atom stereocenters. The first-order valence-electron chi connectivity index (χ1n) is 7.52. The molecule has 0 bridgehead atoms. The minimum Gasteiger partial charge on any atom is -0.322 e. The van der Waals surface area contributed by atoms with Crippen LogP contribution in [0.2, 0.25) is 10.2 Å². The summed E-state index contributed by atoms with van der Waals surface area (Å²) in [6.45, 7) is 4.12. The van der Waals surface area contributed by atoms with Crippen molar-refractivity contribution in [3.8, 4) is 0 Å². The number of nitrogens with one attached hydrogen (secondary N) is 1. The maximum Gasteiger partial charge on any atom is 0.258 e. The molecule has 2 aromatic rings. The molecule has 6 nitrogen and oxygen atoms in total. The Bertz CT molecular complexity index is 884. The predicted molar refractivity (Wildman–Crippen MR) is 98.8 cm³/mol. The van der Waals surface area contributed by atoms with E-state index in [2.05, 4.69) is 10.3 Å². The number of anilines is 1. The Hall–Kier alpha value is -1.67. The third kappa shape index (κ3) is 4.30. The van der Waals surface area contributed by atoms with Crippen molar-refractivity contribution in [2.24, 2.45) is 0 Å². The minimum absolute atomic E-state index is 0.0601. The first-order chi connectivity index (χ1) is 11.8. The minimum atomic E-state index is -3.75. The molecule has 1 N–H and O–H groups in total. The SMILES string of the molecule is CCN(CC)S(=O)(=O)c1cc(NC(=O)c2cccnc2Cl)ccc1Cl. The van der Waals surface area contributed by atoms with Crippen LogP contribution in [-0.4, -0.2) is 36.7 Å². The first kappa shape index (κ1) is 19.7. The van der Waals surface area contributed by atoms with E-state index in [1.54, 1.807) is 19.9 Å². The van der Waals surface area contributed by atoms with Crippen LogP contribution in [0.3, 0.4) is 0 Å². The van der Waals surface area contributed by atoms with E-state index >= 15 is 0 Å². The van der Waals surface area contributed by atoms with Crippen LogP contribution < -0.4 is 5.32 Å². The molecule has 0 aliphatic rings. The quantitative estimate of drug-likeness (QED) is 0.748. The van der Waals surface area contributed by atoms with E-state index < -0.39 is 15.9 Å². The zero-order chi connectivity index (χ0) is 18.6. The van der Waals surface area contributed by atoms with Gasteiger partial charge in [-0.3, -0.25) is 4.79 Å². The molecule has 1 amide bonds. The van der Waals surface area contributed by atoms with E-state index in [0.717, 1.165) is 0 Å². The molecule has 0 unspecified atom stereocenters. The van der Waals surface area contributed by atoms with Gasteiger partial charge in [0.05, 0.1) is 10.6 Å². The molecule has 0 aliphatic carbocycles. The highest BCUT2D eigenvalue weighted by Gasteiger charge is 2.25. The molecule has 25 heavy (non-hydrogen) atoms. The summed E-state index contributed by atoms with van der Waals surface area (Å²) in [5.74, 6) is -0.494. The van der Waals surface area contributed by atoms with Crippen molar-refractivity contribution in [3.05, 3.63) is 52.3 Å². The van der Waals surface area contributed by atoms with Gasteiger partial charge < -0.3 is 5.32 Å². The molecule has 134 valence electrons. The molecule has 1 aromatic carbocycles. The number of carbonyl (C=O) groups is 1. The van der Waals surface area contributed by atoms with Crippen molar-refractivity contribution >= 4 is 44.8 Å². The molecular weight excluding hydrogens is 385 g/mol. The second kappa shape index (κ2) is 8.14. The number of sulfonamides is 1. The van der Waals surface area contributed by atoms with Gasteiger partial charge in [-0.15, -0.1) is 0 Å². The van der Waals surface area contributed by atoms with Crippen LogP contribution in [0.15, 0.2) is 41.4 Å². The van der Waals surface area contributed by atoms with Gasteiger partial charge in [-0.1, -0.05) is 37.0 Å². The van der Waals surface area contributed by atoms with Crippen LogP contribution in [0.1, 0.15) is 24.2 Å². The number of nitrogens with zero attached hydrogens (tertiary/aromatic N) is 2. The summed E-state index contributed by atoms with van der Waals surface area (Å²) in [5.41, 5.74) is 0.479. The fraction of sp³-hybridized carbons (Fsp3) is 0.250. The van der Waals surface area contributed by atoms with Crippen LogP contribution in [-0.2, 0) is 10.0 Å². The third-order valence-electron chi connectivity index (χ3n) is 3.52. The topological polar surface area (TPSA) is 79.4 Å². The maximum absolute atomic E-state index is 12.7. The van der Waals surface area contributed by atoms with Crippen LogP contribution in [0.4, 0.5) is 5.69 Å². The molecule has 1 aromatic heterocycles. The third-order valence-corrected chi connectivity index (χ3v) is 6.35. The van der Waals surface area contributed by atoms with Gasteiger partial charge in [0.15, 0.2) is 0 Å². The van der Waals surface area contributed by atoms with Crippen molar-refractivity contribution in [2.45, 2.75) is 18.7 Å². The number of rotatable bonds is 6. The zero-order valence-corrected chi connectivity index (χ0v) is 16.0. The number of pyridine rings is 1. The summed E-state index contributed by atoms with van der Waals surface area (Å²) in [6, 6.07) is 7.38. The lowest BCUT2D eigenvalue weighted by atomic mass is 10.2. The van der Waals surface area contributed by atoms with Crippen molar-refractivity contribution in [1.82, 2.24) is 9.29 Å². The summed E-state index contributed by atoms with van der Waals surface area (Å²) in [7, 11) is -3.75. The Morgan fingerprint density at radius 3 is 2.48 bits per heavy atom. The summed E-state index contributed by atoms with van der Waals surface area (Å²) in [4.78, 5) is 16.1. The van der Waals surface area contributed by atoms with Crippen molar-refractivity contribution in [2.75, 3.05) is 18.4 Å².